The van der Waals surface area contributed by atoms with Gasteiger partial charge in [-0.25, -0.2) is 0 Å². The van der Waals surface area contributed by atoms with Gasteiger partial charge < -0.3 is 0 Å². The van der Waals surface area contributed by atoms with E-state index in [0.717, 1.165) is 6.42 Å². The Morgan fingerprint density at radius 1 is 1.64 bits per heavy atom. The second-order valence-electron chi connectivity index (χ2n) is 2.98. The van der Waals surface area contributed by atoms with Gasteiger partial charge in [0.25, 0.3) is 0 Å². The molecule has 0 bridgehead atoms. The Labute approximate surface area is 69.3 Å². The molecule has 0 radical (unpaired) electrons. The van der Waals surface area contributed by atoms with Gasteiger partial charge in [0.1, 0.15) is 0 Å². The molecule has 0 nitrogen and oxygen atoms in total. The summed E-state index contributed by atoms with van der Waals surface area (Å²) >= 11 is 0. The van der Waals surface area contributed by atoms with Gasteiger partial charge in [0.05, 0.1) is 0 Å². The Bertz CT molecular complexity index is 174. The third kappa shape index (κ3) is 2.07. The molecular weight excluding hydrogens is 132 g/mol. The van der Waals surface area contributed by atoms with Gasteiger partial charge in [0, 0.05) is 5.92 Å². The van der Waals surface area contributed by atoms with Crippen LogP contribution in [0.1, 0.15) is 19.8 Å². The van der Waals surface area contributed by atoms with Crippen molar-refractivity contribution in [3.05, 3.63) is 37.0 Å². The SMILES string of the molecule is C=C[C@H]1CC=C[C@H]1/C=C/CC. The highest BCUT2D eigenvalue weighted by Gasteiger charge is 2.15. The lowest BCUT2D eigenvalue weighted by molar-refractivity contribution is 0.603. The predicted molar refractivity (Wildman–Crippen MR) is 50.4 cm³/mol. The Morgan fingerprint density at radius 3 is 3.09 bits per heavy atom. The summed E-state index contributed by atoms with van der Waals surface area (Å²) in [7, 11) is 0. The molecule has 1 rings (SSSR count). The van der Waals surface area contributed by atoms with Gasteiger partial charge in [-0.15, -0.1) is 6.58 Å². The lowest BCUT2D eigenvalue weighted by Crippen LogP contribution is -2.00. The van der Waals surface area contributed by atoms with Gasteiger partial charge in [-0.1, -0.05) is 37.3 Å². The number of allylic oxidation sites excluding steroid dienone is 5. The number of rotatable bonds is 3. The highest BCUT2D eigenvalue weighted by Crippen LogP contribution is 2.26. The zero-order valence-corrected chi connectivity index (χ0v) is 7.16. The van der Waals surface area contributed by atoms with Crippen molar-refractivity contribution in [2.75, 3.05) is 0 Å². The molecule has 0 heteroatoms. The predicted octanol–water partition coefficient (Wildman–Crippen LogP) is 3.33. The van der Waals surface area contributed by atoms with Crippen LogP contribution in [-0.2, 0) is 0 Å². The molecule has 0 aromatic heterocycles. The first kappa shape index (κ1) is 8.32. The van der Waals surface area contributed by atoms with E-state index in [4.69, 9.17) is 0 Å². The topological polar surface area (TPSA) is 0 Å². The second kappa shape index (κ2) is 4.17. The highest BCUT2D eigenvalue weighted by molar-refractivity contribution is 5.13. The lowest BCUT2D eigenvalue weighted by Gasteiger charge is -2.09. The molecule has 0 heterocycles. The molecule has 0 aromatic carbocycles. The average molecular weight is 148 g/mol. The summed E-state index contributed by atoms with van der Waals surface area (Å²) in [6.07, 6.45) is 13.4. The molecule has 0 saturated carbocycles. The van der Waals surface area contributed by atoms with Crippen LogP contribution in [0.25, 0.3) is 0 Å². The monoisotopic (exact) mass is 148 g/mol. The van der Waals surface area contributed by atoms with E-state index < -0.39 is 0 Å². The van der Waals surface area contributed by atoms with E-state index in [1.807, 2.05) is 0 Å². The van der Waals surface area contributed by atoms with E-state index in [2.05, 4.69) is 43.9 Å². The van der Waals surface area contributed by atoms with Crippen molar-refractivity contribution in [2.24, 2.45) is 11.8 Å². The van der Waals surface area contributed by atoms with Crippen molar-refractivity contribution < 1.29 is 0 Å². The number of hydrogen-bond acceptors (Lipinski definition) is 0. The molecule has 2 atom stereocenters. The van der Waals surface area contributed by atoms with Crippen molar-refractivity contribution >= 4 is 0 Å². The number of hydrogen-bond donors (Lipinski definition) is 0. The van der Waals surface area contributed by atoms with Crippen molar-refractivity contribution in [1.29, 1.82) is 0 Å². The van der Waals surface area contributed by atoms with Gasteiger partial charge >= 0.3 is 0 Å². The lowest BCUT2D eigenvalue weighted by atomic mass is 9.95. The summed E-state index contributed by atoms with van der Waals surface area (Å²) in [6, 6.07) is 0. The molecule has 0 unspecified atom stereocenters. The first-order chi connectivity index (χ1) is 5.38. The molecule has 0 aliphatic heterocycles. The first-order valence-corrected chi connectivity index (χ1v) is 4.34. The van der Waals surface area contributed by atoms with Crippen molar-refractivity contribution in [3.8, 4) is 0 Å². The van der Waals surface area contributed by atoms with Crippen LogP contribution in [0.15, 0.2) is 37.0 Å². The molecule has 1 aliphatic carbocycles. The molecule has 0 amide bonds. The summed E-state index contributed by atoms with van der Waals surface area (Å²) in [5.74, 6) is 1.27. The van der Waals surface area contributed by atoms with Crippen LogP contribution >= 0.6 is 0 Å². The largest absolute Gasteiger partial charge is 0.103 e. The molecule has 0 spiro atoms. The van der Waals surface area contributed by atoms with Crippen LogP contribution in [0.4, 0.5) is 0 Å². The molecule has 0 saturated heterocycles. The van der Waals surface area contributed by atoms with E-state index in [-0.39, 0.29) is 0 Å². The Balaban J connectivity index is 2.49. The first-order valence-electron chi connectivity index (χ1n) is 4.34. The Hall–Kier alpha value is -0.780. The highest BCUT2D eigenvalue weighted by atomic mass is 14.2. The maximum atomic E-state index is 3.83. The van der Waals surface area contributed by atoms with E-state index in [1.165, 1.54) is 6.42 Å². The van der Waals surface area contributed by atoms with Crippen LogP contribution in [0.5, 0.6) is 0 Å². The molecule has 0 fully saturated rings. The summed E-state index contributed by atoms with van der Waals surface area (Å²) in [5.41, 5.74) is 0. The minimum absolute atomic E-state index is 0.618. The minimum Gasteiger partial charge on any atom is -0.103 e. The van der Waals surface area contributed by atoms with Crippen molar-refractivity contribution in [2.45, 2.75) is 19.8 Å². The van der Waals surface area contributed by atoms with Crippen LogP contribution in [0, 0.1) is 11.8 Å². The zero-order valence-electron chi connectivity index (χ0n) is 7.16. The maximum absolute atomic E-state index is 3.83. The third-order valence-electron chi connectivity index (χ3n) is 2.16. The molecule has 0 N–H and O–H groups in total. The Kier molecular flexibility index (Phi) is 3.15. The van der Waals surface area contributed by atoms with E-state index in [9.17, 15) is 0 Å². The van der Waals surface area contributed by atoms with Gasteiger partial charge in [-0.05, 0) is 18.8 Å². The third-order valence-corrected chi connectivity index (χ3v) is 2.16. The standard InChI is InChI=1S/C11H16/c1-3-5-7-11-9-6-8-10(11)4-2/h4-7,9-11H,2-3,8H2,1H3/b7-5+/t10-,11+/m0/s1. The van der Waals surface area contributed by atoms with Gasteiger partial charge in [-0.2, -0.15) is 0 Å². The smallest absolute Gasteiger partial charge is 0.00122 e. The maximum Gasteiger partial charge on any atom is 0.00122 e. The zero-order chi connectivity index (χ0) is 8.10. The quantitative estimate of drug-likeness (QED) is 0.538. The fourth-order valence-corrected chi connectivity index (χ4v) is 1.45. The Morgan fingerprint density at radius 2 is 2.45 bits per heavy atom. The van der Waals surface area contributed by atoms with Gasteiger partial charge in [-0.3, -0.25) is 0 Å². The molecular formula is C11H16. The molecule has 0 aromatic rings. The summed E-state index contributed by atoms with van der Waals surface area (Å²) in [6.45, 7) is 5.99. The molecule has 1 aliphatic rings. The van der Waals surface area contributed by atoms with E-state index in [1.54, 1.807) is 0 Å². The summed E-state index contributed by atoms with van der Waals surface area (Å²) in [5, 5.41) is 0. The second-order valence-corrected chi connectivity index (χ2v) is 2.98. The molecule has 11 heavy (non-hydrogen) atoms. The van der Waals surface area contributed by atoms with Crippen LogP contribution in [0.2, 0.25) is 0 Å². The van der Waals surface area contributed by atoms with Crippen LogP contribution in [-0.4, -0.2) is 0 Å². The fourth-order valence-electron chi connectivity index (χ4n) is 1.45. The van der Waals surface area contributed by atoms with E-state index in [0.29, 0.717) is 11.8 Å². The van der Waals surface area contributed by atoms with Gasteiger partial charge in [0.2, 0.25) is 0 Å². The average Bonchev–Trinajstić information content (AvgIpc) is 2.47. The molecule has 60 valence electrons. The van der Waals surface area contributed by atoms with Crippen molar-refractivity contribution in [1.82, 2.24) is 0 Å². The van der Waals surface area contributed by atoms with Crippen LogP contribution < -0.4 is 0 Å². The fraction of sp³-hybridized carbons (Fsp3) is 0.455. The van der Waals surface area contributed by atoms with E-state index >= 15 is 0 Å². The van der Waals surface area contributed by atoms with Crippen molar-refractivity contribution in [3.63, 3.8) is 0 Å². The summed E-state index contributed by atoms with van der Waals surface area (Å²) < 4.78 is 0. The normalized spacial score (nSPS) is 29.9. The van der Waals surface area contributed by atoms with Gasteiger partial charge in [0.15, 0.2) is 0 Å². The minimum atomic E-state index is 0.618. The summed E-state index contributed by atoms with van der Waals surface area (Å²) in [4.78, 5) is 0. The van der Waals surface area contributed by atoms with Crippen LogP contribution in [0.3, 0.4) is 0 Å².